The van der Waals surface area contributed by atoms with Crippen LogP contribution in [0, 0.1) is 0 Å². The molecule has 1 aliphatic rings. The monoisotopic (exact) mass is 250 g/mol. The number of amides is 1. The molecular formula is C11H20F2N2O2. The third-order valence-corrected chi connectivity index (χ3v) is 2.43. The standard InChI is InChI=1S/C11H20F2N2O2/c1-11(2,3)17-10(16)15-5-4-14-7-8(15)6-9(12)13/h8-9,14H,4-7H2,1-3H3/t8-/m0/s1. The van der Waals surface area contributed by atoms with Gasteiger partial charge >= 0.3 is 6.09 Å². The summed E-state index contributed by atoms with van der Waals surface area (Å²) in [5.41, 5.74) is -0.600. The molecule has 0 spiro atoms. The average Bonchev–Trinajstić information content (AvgIpc) is 2.14. The number of rotatable bonds is 2. The lowest BCUT2D eigenvalue weighted by Gasteiger charge is -2.37. The van der Waals surface area contributed by atoms with E-state index >= 15 is 0 Å². The van der Waals surface area contributed by atoms with Gasteiger partial charge in [-0.2, -0.15) is 0 Å². The number of hydrogen-bond donors (Lipinski definition) is 1. The lowest BCUT2D eigenvalue weighted by Crippen LogP contribution is -2.55. The highest BCUT2D eigenvalue weighted by atomic mass is 19.3. The van der Waals surface area contributed by atoms with Crippen molar-refractivity contribution in [2.24, 2.45) is 0 Å². The number of piperazine rings is 1. The summed E-state index contributed by atoms with van der Waals surface area (Å²) in [6, 6.07) is -0.487. The molecule has 0 aromatic rings. The Morgan fingerprint density at radius 3 is 2.71 bits per heavy atom. The number of nitrogens with one attached hydrogen (secondary N) is 1. The van der Waals surface area contributed by atoms with Gasteiger partial charge in [0.15, 0.2) is 0 Å². The van der Waals surface area contributed by atoms with E-state index in [4.69, 9.17) is 4.74 Å². The molecule has 1 amide bonds. The third-order valence-electron chi connectivity index (χ3n) is 2.43. The first kappa shape index (κ1) is 14.2. The molecule has 1 atom stereocenters. The quantitative estimate of drug-likeness (QED) is 0.813. The lowest BCUT2D eigenvalue weighted by atomic mass is 10.1. The first-order valence-corrected chi connectivity index (χ1v) is 5.78. The zero-order valence-corrected chi connectivity index (χ0v) is 10.5. The fourth-order valence-corrected chi connectivity index (χ4v) is 1.74. The van der Waals surface area contributed by atoms with Crippen LogP contribution in [-0.2, 0) is 4.74 Å². The maximum Gasteiger partial charge on any atom is 0.410 e. The SMILES string of the molecule is CC(C)(C)OC(=O)N1CCNC[C@@H]1CC(F)F. The van der Waals surface area contributed by atoms with Gasteiger partial charge in [0, 0.05) is 26.1 Å². The van der Waals surface area contributed by atoms with E-state index in [0.717, 1.165) is 0 Å². The van der Waals surface area contributed by atoms with Crippen LogP contribution in [0.3, 0.4) is 0 Å². The van der Waals surface area contributed by atoms with Gasteiger partial charge in [0.05, 0.1) is 6.04 Å². The molecule has 0 aliphatic carbocycles. The molecule has 0 aromatic heterocycles. The molecule has 1 fully saturated rings. The van der Waals surface area contributed by atoms with Crippen LogP contribution in [0.4, 0.5) is 13.6 Å². The van der Waals surface area contributed by atoms with Crippen LogP contribution in [0.2, 0.25) is 0 Å². The van der Waals surface area contributed by atoms with Crippen molar-refractivity contribution in [3.05, 3.63) is 0 Å². The summed E-state index contributed by atoms with van der Waals surface area (Å²) < 4.78 is 30.0. The summed E-state index contributed by atoms with van der Waals surface area (Å²) in [4.78, 5) is 13.2. The smallest absolute Gasteiger partial charge is 0.410 e. The first-order chi connectivity index (χ1) is 7.79. The Hall–Kier alpha value is -0.910. The van der Waals surface area contributed by atoms with Gasteiger partial charge in [-0.1, -0.05) is 0 Å². The second-order valence-electron chi connectivity index (χ2n) is 5.16. The van der Waals surface area contributed by atoms with Gasteiger partial charge in [-0.3, -0.25) is 0 Å². The molecule has 17 heavy (non-hydrogen) atoms. The minimum absolute atomic E-state index is 0.313. The van der Waals surface area contributed by atoms with E-state index in [9.17, 15) is 13.6 Å². The van der Waals surface area contributed by atoms with Crippen LogP contribution in [-0.4, -0.2) is 48.7 Å². The van der Waals surface area contributed by atoms with Gasteiger partial charge in [-0.25, -0.2) is 13.6 Å². The minimum Gasteiger partial charge on any atom is -0.444 e. The molecule has 1 rings (SSSR count). The minimum atomic E-state index is -2.41. The fourth-order valence-electron chi connectivity index (χ4n) is 1.74. The second-order valence-corrected chi connectivity index (χ2v) is 5.16. The Morgan fingerprint density at radius 1 is 1.53 bits per heavy atom. The Morgan fingerprint density at radius 2 is 2.18 bits per heavy atom. The van der Waals surface area contributed by atoms with Crippen LogP contribution < -0.4 is 5.32 Å². The molecule has 0 unspecified atom stereocenters. The zero-order chi connectivity index (χ0) is 13.1. The van der Waals surface area contributed by atoms with Gasteiger partial charge in [0.25, 0.3) is 0 Å². The maximum atomic E-state index is 12.4. The van der Waals surface area contributed by atoms with Crippen molar-refractivity contribution in [1.82, 2.24) is 10.2 Å². The molecule has 4 nitrogen and oxygen atoms in total. The number of halogens is 2. The maximum absolute atomic E-state index is 12.4. The van der Waals surface area contributed by atoms with E-state index in [2.05, 4.69) is 5.32 Å². The van der Waals surface area contributed by atoms with Crippen molar-refractivity contribution >= 4 is 6.09 Å². The Balaban J connectivity index is 2.61. The number of carbonyl (C=O) groups excluding carboxylic acids is 1. The fraction of sp³-hybridized carbons (Fsp3) is 0.909. The largest absolute Gasteiger partial charge is 0.444 e. The van der Waals surface area contributed by atoms with Crippen molar-refractivity contribution in [2.45, 2.75) is 45.3 Å². The number of nitrogens with zero attached hydrogens (tertiary/aromatic N) is 1. The molecule has 1 saturated heterocycles. The van der Waals surface area contributed by atoms with Gasteiger partial charge in [0.1, 0.15) is 5.60 Å². The van der Waals surface area contributed by atoms with Crippen molar-refractivity contribution in [3.8, 4) is 0 Å². The number of alkyl halides is 2. The summed E-state index contributed by atoms with van der Waals surface area (Å²) in [6.07, 6.45) is -3.24. The average molecular weight is 250 g/mol. The zero-order valence-electron chi connectivity index (χ0n) is 10.5. The van der Waals surface area contributed by atoms with Crippen LogP contribution in [0.25, 0.3) is 0 Å². The normalized spacial score (nSPS) is 21.8. The predicted octanol–water partition coefficient (Wildman–Crippen LogP) is 1.85. The van der Waals surface area contributed by atoms with Crippen LogP contribution >= 0.6 is 0 Å². The topological polar surface area (TPSA) is 41.6 Å². The van der Waals surface area contributed by atoms with Crippen molar-refractivity contribution in [1.29, 1.82) is 0 Å². The molecule has 1 heterocycles. The highest BCUT2D eigenvalue weighted by Crippen LogP contribution is 2.17. The van der Waals surface area contributed by atoms with Crippen molar-refractivity contribution in [3.63, 3.8) is 0 Å². The van der Waals surface area contributed by atoms with E-state index in [1.54, 1.807) is 20.8 Å². The van der Waals surface area contributed by atoms with Crippen LogP contribution in [0.15, 0.2) is 0 Å². The summed E-state index contributed by atoms with van der Waals surface area (Å²) in [6.45, 7) is 6.69. The summed E-state index contributed by atoms with van der Waals surface area (Å²) in [5, 5.41) is 3.01. The van der Waals surface area contributed by atoms with E-state index in [-0.39, 0.29) is 6.42 Å². The highest BCUT2D eigenvalue weighted by Gasteiger charge is 2.31. The van der Waals surface area contributed by atoms with Crippen LogP contribution in [0.1, 0.15) is 27.2 Å². The van der Waals surface area contributed by atoms with E-state index in [0.29, 0.717) is 19.6 Å². The van der Waals surface area contributed by atoms with Gasteiger partial charge in [-0.05, 0) is 20.8 Å². The molecule has 6 heteroatoms. The number of hydrogen-bond acceptors (Lipinski definition) is 3. The second kappa shape index (κ2) is 5.62. The number of carbonyl (C=O) groups is 1. The molecule has 100 valence electrons. The van der Waals surface area contributed by atoms with Gasteiger partial charge in [0.2, 0.25) is 6.43 Å². The lowest BCUT2D eigenvalue weighted by molar-refractivity contribution is 0.00277. The van der Waals surface area contributed by atoms with Crippen molar-refractivity contribution < 1.29 is 18.3 Å². The molecule has 1 N–H and O–H groups in total. The number of ether oxygens (including phenoxy) is 1. The molecule has 0 aromatic carbocycles. The van der Waals surface area contributed by atoms with Crippen molar-refractivity contribution in [2.75, 3.05) is 19.6 Å². The summed E-state index contributed by atoms with van der Waals surface area (Å²) in [5.74, 6) is 0. The van der Waals surface area contributed by atoms with E-state index in [1.807, 2.05) is 0 Å². The van der Waals surface area contributed by atoms with Gasteiger partial charge < -0.3 is 15.0 Å². The Labute approximate surface area is 100 Å². The first-order valence-electron chi connectivity index (χ1n) is 5.78. The van der Waals surface area contributed by atoms with E-state index in [1.165, 1.54) is 4.90 Å². The van der Waals surface area contributed by atoms with E-state index < -0.39 is 24.2 Å². The summed E-state index contributed by atoms with van der Waals surface area (Å²) in [7, 11) is 0. The Kier molecular flexibility index (Phi) is 4.68. The molecular weight excluding hydrogens is 230 g/mol. The Bertz CT molecular complexity index is 267. The van der Waals surface area contributed by atoms with Crippen LogP contribution in [0.5, 0.6) is 0 Å². The molecule has 0 bridgehead atoms. The highest BCUT2D eigenvalue weighted by molar-refractivity contribution is 5.68. The molecule has 0 radical (unpaired) electrons. The molecule has 0 saturated carbocycles. The molecule has 1 aliphatic heterocycles. The predicted molar refractivity (Wildman–Crippen MR) is 60.2 cm³/mol. The van der Waals surface area contributed by atoms with Gasteiger partial charge in [-0.15, -0.1) is 0 Å². The summed E-state index contributed by atoms with van der Waals surface area (Å²) >= 11 is 0. The third kappa shape index (κ3) is 4.85.